The number of likely N-dealkylation sites (tertiary alicyclic amines) is 1. The summed E-state index contributed by atoms with van der Waals surface area (Å²) in [7, 11) is -1.03. The van der Waals surface area contributed by atoms with Crippen LogP contribution in [0.1, 0.15) is 42.5 Å². The largest absolute Gasteiger partial charge is 0.380 e. The standard InChI is InChI=1S/C16H27N3O3S/c1-11-12(2)18-16(17-11)15-8-14(22-3)10-19(15)9-13-4-6-23(20,21)7-5-13/h13-15H,4-10H2,1-3H3,(H,17,18)/t14-,15+/m1/s1. The van der Waals surface area contributed by atoms with E-state index in [9.17, 15) is 8.42 Å². The number of hydrogen-bond acceptors (Lipinski definition) is 5. The first-order valence-electron chi connectivity index (χ1n) is 8.38. The maximum absolute atomic E-state index is 11.6. The Balaban J connectivity index is 1.70. The molecule has 3 rings (SSSR count). The van der Waals surface area contributed by atoms with Gasteiger partial charge in [0, 0.05) is 25.9 Å². The molecule has 2 aliphatic rings. The summed E-state index contributed by atoms with van der Waals surface area (Å²) in [5.41, 5.74) is 2.16. The number of aromatic amines is 1. The quantitative estimate of drug-likeness (QED) is 0.900. The van der Waals surface area contributed by atoms with Crippen LogP contribution >= 0.6 is 0 Å². The third-order valence-electron chi connectivity index (χ3n) is 5.33. The molecule has 0 spiro atoms. The fourth-order valence-electron chi connectivity index (χ4n) is 3.70. The van der Waals surface area contributed by atoms with Gasteiger partial charge in [-0.05, 0) is 39.0 Å². The van der Waals surface area contributed by atoms with Crippen molar-refractivity contribution in [1.82, 2.24) is 14.9 Å². The minimum absolute atomic E-state index is 0.220. The van der Waals surface area contributed by atoms with E-state index in [1.54, 1.807) is 7.11 Å². The number of nitrogens with one attached hydrogen (secondary N) is 1. The van der Waals surface area contributed by atoms with Gasteiger partial charge in [0.05, 0.1) is 29.3 Å². The first kappa shape index (κ1) is 16.9. The van der Waals surface area contributed by atoms with E-state index in [4.69, 9.17) is 4.74 Å². The summed E-state index contributed by atoms with van der Waals surface area (Å²) in [5, 5.41) is 0. The smallest absolute Gasteiger partial charge is 0.150 e. The highest BCUT2D eigenvalue weighted by molar-refractivity contribution is 7.91. The van der Waals surface area contributed by atoms with Crippen LogP contribution in [-0.4, -0.2) is 61.1 Å². The van der Waals surface area contributed by atoms with Crippen LogP contribution in [0.5, 0.6) is 0 Å². The molecule has 0 saturated carbocycles. The molecule has 2 atom stereocenters. The molecule has 2 aliphatic heterocycles. The third-order valence-corrected chi connectivity index (χ3v) is 7.04. The SMILES string of the molecule is CO[C@@H]1C[C@@H](c2nc(C)c(C)[nH]2)N(CC2CCS(=O)(=O)CC2)C1. The van der Waals surface area contributed by atoms with Gasteiger partial charge in [-0.15, -0.1) is 0 Å². The van der Waals surface area contributed by atoms with Gasteiger partial charge in [-0.1, -0.05) is 0 Å². The first-order chi connectivity index (χ1) is 10.9. The fourth-order valence-corrected chi connectivity index (χ4v) is 5.29. The summed E-state index contributed by atoms with van der Waals surface area (Å²) in [6.45, 7) is 5.89. The van der Waals surface area contributed by atoms with Gasteiger partial charge in [-0.3, -0.25) is 4.90 Å². The molecule has 0 amide bonds. The molecule has 1 aromatic heterocycles. The lowest BCUT2D eigenvalue weighted by atomic mass is 10.0. The van der Waals surface area contributed by atoms with E-state index >= 15 is 0 Å². The fraction of sp³-hybridized carbons (Fsp3) is 0.812. The number of hydrogen-bond donors (Lipinski definition) is 1. The van der Waals surface area contributed by atoms with Crippen molar-refractivity contribution >= 4 is 9.84 Å². The van der Waals surface area contributed by atoms with Gasteiger partial charge in [0.1, 0.15) is 15.7 Å². The van der Waals surface area contributed by atoms with E-state index in [0.29, 0.717) is 17.4 Å². The van der Waals surface area contributed by atoms with Crippen LogP contribution in [0.3, 0.4) is 0 Å². The molecule has 6 nitrogen and oxygen atoms in total. The lowest BCUT2D eigenvalue weighted by Crippen LogP contribution is -2.35. The predicted octanol–water partition coefficient (Wildman–Crippen LogP) is 1.61. The molecule has 1 N–H and O–H groups in total. The number of methoxy groups -OCH3 is 1. The van der Waals surface area contributed by atoms with Crippen molar-refractivity contribution in [3.63, 3.8) is 0 Å². The Bertz CT molecular complexity index is 622. The Morgan fingerprint density at radius 3 is 2.57 bits per heavy atom. The van der Waals surface area contributed by atoms with Crippen LogP contribution in [0, 0.1) is 19.8 Å². The van der Waals surface area contributed by atoms with Gasteiger partial charge >= 0.3 is 0 Å². The van der Waals surface area contributed by atoms with Crippen LogP contribution in [0.15, 0.2) is 0 Å². The van der Waals surface area contributed by atoms with E-state index in [2.05, 4.69) is 14.9 Å². The van der Waals surface area contributed by atoms with Crippen LogP contribution in [0.4, 0.5) is 0 Å². The molecule has 0 aromatic carbocycles. The molecule has 0 bridgehead atoms. The number of rotatable bonds is 4. The maximum atomic E-state index is 11.6. The summed E-state index contributed by atoms with van der Waals surface area (Å²) in [6.07, 6.45) is 2.71. The Kier molecular flexibility index (Phi) is 4.80. The third kappa shape index (κ3) is 3.78. The van der Waals surface area contributed by atoms with Gasteiger partial charge in [0.25, 0.3) is 0 Å². The summed E-state index contributed by atoms with van der Waals surface area (Å²) in [4.78, 5) is 10.5. The van der Waals surface area contributed by atoms with Crippen LogP contribution in [0.2, 0.25) is 0 Å². The van der Waals surface area contributed by atoms with Crippen molar-refractivity contribution < 1.29 is 13.2 Å². The van der Waals surface area contributed by atoms with Crippen molar-refractivity contribution in [2.75, 3.05) is 31.7 Å². The van der Waals surface area contributed by atoms with Gasteiger partial charge in [0.2, 0.25) is 0 Å². The Morgan fingerprint density at radius 2 is 2.00 bits per heavy atom. The van der Waals surface area contributed by atoms with Gasteiger partial charge < -0.3 is 9.72 Å². The minimum atomic E-state index is -2.79. The zero-order valence-corrected chi connectivity index (χ0v) is 15.0. The molecule has 0 aliphatic carbocycles. The van der Waals surface area contributed by atoms with Crippen molar-refractivity contribution in [2.24, 2.45) is 5.92 Å². The van der Waals surface area contributed by atoms with Gasteiger partial charge in [0.15, 0.2) is 0 Å². The normalized spacial score (nSPS) is 29.2. The van der Waals surface area contributed by atoms with Crippen LogP contribution < -0.4 is 0 Å². The van der Waals surface area contributed by atoms with E-state index < -0.39 is 9.84 Å². The number of imidazole rings is 1. The molecule has 3 heterocycles. The second kappa shape index (κ2) is 6.53. The van der Waals surface area contributed by atoms with Crippen molar-refractivity contribution in [3.05, 3.63) is 17.2 Å². The van der Waals surface area contributed by atoms with E-state index in [1.165, 1.54) is 0 Å². The highest BCUT2D eigenvalue weighted by Crippen LogP contribution is 2.34. The average Bonchev–Trinajstić information content (AvgIpc) is 3.05. The molecule has 0 unspecified atom stereocenters. The molecule has 2 saturated heterocycles. The van der Waals surface area contributed by atoms with Crippen molar-refractivity contribution in [1.29, 1.82) is 0 Å². The average molecular weight is 341 g/mol. The highest BCUT2D eigenvalue weighted by Gasteiger charge is 2.37. The highest BCUT2D eigenvalue weighted by atomic mass is 32.2. The molecule has 0 radical (unpaired) electrons. The molecule has 23 heavy (non-hydrogen) atoms. The molecular formula is C16H27N3O3S. The van der Waals surface area contributed by atoms with E-state index in [-0.39, 0.29) is 12.1 Å². The molecule has 7 heteroatoms. The van der Waals surface area contributed by atoms with E-state index in [1.807, 2.05) is 13.8 Å². The molecule has 2 fully saturated rings. The number of nitrogens with zero attached hydrogens (tertiary/aromatic N) is 2. The maximum Gasteiger partial charge on any atom is 0.150 e. The Hall–Kier alpha value is -0.920. The summed E-state index contributed by atoms with van der Waals surface area (Å²) in [5.74, 6) is 2.14. The zero-order valence-electron chi connectivity index (χ0n) is 14.2. The number of aryl methyl sites for hydroxylation is 2. The Morgan fingerprint density at radius 1 is 1.30 bits per heavy atom. The van der Waals surface area contributed by atoms with Crippen LogP contribution in [-0.2, 0) is 14.6 Å². The molecule has 130 valence electrons. The molecule has 1 aromatic rings. The summed E-state index contributed by atoms with van der Waals surface area (Å²) < 4.78 is 28.8. The second-order valence-corrected chi connectivity index (χ2v) is 9.29. The Labute approximate surface area is 138 Å². The minimum Gasteiger partial charge on any atom is -0.380 e. The number of sulfone groups is 1. The predicted molar refractivity (Wildman–Crippen MR) is 89.2 cm³/mol. The first-order valence-corrected chi connectivity index (χ1v) is 10.2. The van der Waals surface area contributed by atoms with Gasteiger partial charge in [-0.25, -0.2) is 13.4 Å². The monoisotopic (exact) mass is 341 g/mol. The van der Waals surface area contributed by atoms with E-state index in [0.717, 1.165) is 49.6 Å². The second-order valence-electron chi connectivity index (χ2n) is 6.99. The molecular weight excluding hydrogens is 314 g/mol. The lowest BCUT2D eigenvalue weighted by Gasteiger charge is -2.30. The number of H-pyrrole nitrogens is 1. The van der Waals surface area contributed by atoms with Gasteiger partial charge in [-0.2, -0.15) is 0 Å². The lowest BCUT2D eigenvalue weighted by molar-refractivity contribution is 0.105. The van der Waals surface area contributed by atoms with Crippen molar-refractivity contribution in [3.8, 4) is 0 Å². The topological polar surface area (TPSA) is 75.3 Å². The van der Waals surface area contributed by atoms with Crippen molar-refractivity contribution in [2.45, 2.75) is 45.3 Å². The van der Waals surface area contributed by atoms with Crippen LogP contribution in [0.25, 0.3) is 0 Å². The summed E-state index contributed by atoms with van der Waals surface area (Å²) in [6, 6.07) is 0.242. The number of aromatic nitrogens is 2. The summed E-state index contributed by atoms with van der Waals surface area (Å²) >= 11 is 0. The number of ether oxygens (including phenoxy) is 1. The zero-order chi connectivity index (χ0) is 16.6.